The van der Waals surface area contributed by atoms with Gasteiger partial charge in [0.05, 0.1) is 19.9 Å². The van der Waals surface area contributed by atoms with Crippen molar-refractivity contribution in [2.24, 2.45) is 4.99 Å². The number of thioether (sulfide) groups is 1. The van der Waals surface area contributed by atoms with Gasteiger partial charge in [-0.25, -0.2) is 0 Å². The van der Waals surface area contributed by atoms with E-state index in [9.17, 15) is 0 Å². The van der Waals surface area contributed by atoms with E-state index >= 15 is 0 Å². The highest BCUT2D eigenvalue weighted by molar-refractivity contribution is 7.99. The fraction of sp³-hybridized carbons (Fsp3) is 0.174. The first-order chi connectivity index (χ1) is 13.3. The summed E-state index contributed by atoms with van der Waals surface area (Å²) in [5.74, 6) is 1.50. The Morgan fingerprint density at radius 1 is 0.852 bits per heavy atom. The van der Waals surface area contributed by atoms with Gasteiger partial charge in [-0.2, -0.15) is 0 Å². The van der Waals surface area contributed by atoms with E-state index in [0.717, 1.165) is 29.3 Å². The lowest BCUT2D eigenvalue weighted by Gasteiger charge is -2.18. The zero-order chi connectivity index (χ0) is 18.6. The van der Waals surface area contributed by atoms with E-state index in [2.05, 4.69) is 54.6 Å². The summed E-state index contributed by atoms with van der Waals surface area (Å²) in [7, 11) is 3.34. The van der Waals surface area contributed by atoms with Crippen molar-refractivity contribution in [1.29, 1.82) is 0 Å². The van der Waals surface area contributed by atoms with Gasteiger partial charge in [0.25, 0.3) is 0 Å². The van der Waals surface area contributed by atoms with Gasteiger partial charge in [-0.05, 0) is 35.4 Å². The van der Waals surface area contributed by atoms with Gasteiger partial charge in [-0.3, -0.25) is 4.99 Å². The maximum atomic E-state index is 5.52. The van der Waals surface area contributed by atoms with Gasteiger partial charge >= 0.3 is 0 Å². The average molecular weight is 375 g/mol. The highest BCUT2D eigenvalue weighted by atomic mass is 32.2. The molecular formula is C23H21NO2S. The van der Waals surface area contributed by atoms with Crippen molar-refractivity contribution in [3.63, 3.8) is 0 Å². The van der Waals surface area contributed by atoms with E-state index in [4.69, 9.17) is 14.5 Å². The Hall–Kier alpha value is -2.72. The Labute approximate surface area is 164 Å². The zero-order valence-electron chi connectivity index (χ0n) is 15.4. The van der Waals surface area contributed by atoms with Crippen molar-refractivity contribution in [2.75, 3.05) is 14.2 Å². The molecule has 0 aromatic heterocycles. The molecule has 27 heavy (non-hydrogen) atoms. The minimum absolute atomic E-state index is 0.243. The molecule has 0 amide bonds. The van der Waals surface area contributed by atoms with Crippen molar-refractivity contribution in [3.8, 4) is 11.5 Å². The molecule has 0 unspecified atom stereocenters. The Kier molecular flexibility index (Phi) is 5.16. The Balaban J connectivity index is 1.78. The second-order valence-electron chi connectivity index (χ2n) is 6.32. The fourth-order valence-electron chi connectivity index (χ4n) is 3.26. The monoisotopic (exact) mass is 375 g/mol. The van der Waals surface area contributed by atoms with Crippen molar-refractivity contribution in [3.05, 3.63) is 83.9 Å². The summed E-state index contributed by atoms with van der Waals surface area (Å²) in [5.41, 5.74) is 4.51. The first kappa shape index (κ1) is 17.7. The molecule has 0 N–H and O–H groups in total. The molecule has 0 spiro atoms. The number of para-hydroxylation sites is 1. The number of fused-ring (bicyclic) bond motifs is 1. The summed E-state index contributed by atoms with van der Waals surface area (Å²) < 4.78 is 10.9. The van der Waals surface area contributed by atoms with Gasteiger partial charge in [0, 0.05) is 22.3 Å². The maximum absolute atomic E-state index is 5.52. The van der Waals surface area contributed by atoms with E-state index in [1.54, 1.807) is 14.2 Å². The molecule has 0 fully saturated rings. The lowest BCUT2D eigenvalue weighted by Crippen LogP contribution is -2.05. The number of aliphatic imine (C=N–C) groups is 1. The summed E-state index contributed by atoms with van der Waals surface area (Å²) in [6, 6.07) is 24.9. The number of ether oxygens (including phenoxy) is 2. The molecule has 1 atom stereocenters. The normalized spacial score (nSPS) is 16.1. The molecule has 1 heterocycles. The SMILES string of the molecule is COc1ccc([C@H]2CC(c3ccccc3)=Nc3ccccc3S2)cc1OC. The molecule has 0 aliphatic carbocycles. The molecule has 1 aliphatic rings. The maximum Gasteiger partial charge on any atom is 0.161 e. The van der Waals surface area contributed by atoms with Crippen LogP contribution in [-0.4, -0.2) is 19.9 Å². The van der Waals surface area contributed by atoms with E-state index in [1.165, 1.54) is 16.0 Å². The molecule has 3 nitrogen and oxygen atoms in total. The molecule has 0 radical (unpaired) electrons. The minimum atomic E-state index is 0.243. The number of nitrogens with zero attached hydrogens (tertiary/aromatic N) is 1. The van der Waals surface area contributed by atoms with E-state index in [-0.39, 0.29) is 5.25 Å². The number of benzene rings is 3. The average Bonchev–Trinajstić information content (AvgIpc) is 2.93. The molecule has 0 saturated carbocycles. The number of rotatable bonds is 4. The third-order valence-electron chi connectivity index (χ3n) is 4.66. The van der Waals surface area contributed by atoms with Crippen LogP contribution < -0.4 is 9.47 Å². The number of hydrogen-bond acceptors (Lipinski definition) is 4. The molecule has 1 aliphatic heterocycles. The van der Waals surface area contributed by atoms with Crippen LogP contribution in [0.3, 0.4) is 0 Å². The highest BCUT2D eigenvalue weighted by Crippen LogP contribution is 2.46. The quantitative estimate of drug-likeness (QED) is 0.555. The van der Waals surface area contributed by atoms with Crippen LogP contribution in [-0.2, 0) is 0 Å². The van der Waals surface area contributed by atoms with E-state index < -0.39 is 0 Å². The molecule has 3 aromatic rings. The van der Waals surface area contributed by atoms with Crippen molar-refractivity contribution in [1.82, 2.24) is 0 Å². The number of hydrogen-bond donors (Lipinski definition) is 0. The molecule has 4 heteroatoms. The second-order valence-corrected chi connectivity index (χ2v) is 7.56. The van der Waals surface area contributed by atoms with Crippen LogP contribution in [0.2, 0.25) is 0 Å². The van der Waals surface area contributed by atoms with Crippen molar-refractivity contribution < 1.29 is 9.47 Å². The predicted octanol–water partition coefficient (Wildman–Crippen LogP) is 6.06. The van der Waals surface area contributed by atoms with Gasteiger partial charge in [0.1, 0.15) is 0 Å². The highest BCUT2D eigenvalue weighted by Gasteiger charge is 2.23. The van der Waals surface area contributed by atoms with Crippen LogP contribution in [0.5, 0.6) is 11.5 Å². The largest absolute Gasteiger partial charge is 0.493 e. The predicted molar refractivity (Wildman–Crippen MR) is 112 cm³/mol. The lowest BCUT2D eigenvalue weighted by molar-refractivity contribution is 0.354. The Morgan fingerprint density at radius 3 is 2.37 bits per heavy atom. The van der Waals surface area contributed by atoms with Gasteiger partial charge < -0.3 is 9.47 Å². The van der Waals surface area contributed by atoms with Crippen LogP contribution in [0.15, 0.2) is 82.7 Å². The molecule has 3 aromatic carbocycles. The molecule has 4 rings (SSSR count). The Morgan fingerprint density at radius 2 is 1.59 bits per heavy atom. The van der Waals surface area contributed by atoms with Gasteiger partial charge in [-0.15, -0.1) is 11.8 Å². The standard InChI is InChI=1S/C23H21NO2S/c1-25-20-13-12-17(14-21(20)26-2)23-15-19(16-8-4-3-5-9-16)24-18-10-6-7-11-22(18)27-23/h3-14,23H,15H2,1-2H3/t23-/m1/s1. The fourth-order valence-corrected chi connectivity index (χ4v) is 4.48. The van der Waals surface area contributed by atoms with Gasteiger partial charge in [0.15, 0.2) is 11.5 Å². The smallest absolute Gasteiger partial charge is 0.161 e. The van der Waals surface area contributed by atoms with Crippen molar-refractivity contribution in [2.45, 2.75) is 16.6 Å². The van der Waals surface area contributed by atoms with E-state index in [0.29, 0.717) is 0 Å². The third kappa shape index (κ3) is 3.71. The zero-order valence-corrected chi connectivity index (χ0v) is 16.2. The lowest BCUT2D eigenvalue weighted by atomic mass is 10.0. The van der Waals surface area contributed by atoms with Crippen LogP contribution in [0.1, 0.15) is 22.8 Å². The van der Waals surface area contributed by atoms with Gasteiger partial charge in [0.2, 0.25) is 0 Å². The summed E-state index contributed by atoms with van der Waals surface area (Å²) in [5, 5.41) is 0.243. The molecule has 0 saturated heterocycles. The van der Waals surface area contributed by atoms with Crippen molar-refractivity contribution >= 4 is 23.2 Å². The van der Waals surface area contributed by atoms with Crippen LogP contribution in [0.4, 0.5) is 5.69 Å². The molecule has 136 valence electrons. The minimum Gasteiger partial charge on any atom is -0.493 e. The van der Waals surface area contributed by atoms with Crippen LogP contribution in [0, 0.1) is 0 Å². The van der Waals surface area contributed by atoms with Gasteiger partial charge in [-0.1, -0.05) is 48.5 Å². The van der Waals surface area contributed by atoms with Crippen LogP contribution >= 0.6 is 11.8 Å². The summed E-state index contributed by atoms with van der Waals surface area (Å²) in [6.07, 6.45) is 0.846. The van der Waals surface area contributed by atoms with Crippen LogP contribution in [0.25, 0.3) is 0 Å². The summed E-state index contributed by atoms with van der Waals surface area (Å²) in [4.78, 5) is 6.20. The number of methoxy groups -OCH3 is 2. The first-order valence-electron chi connectivity index (χ1n) is 8.89. The Bertz CT molecular complexity index is 969. The topological polar surface area (TPSA) is 30.8 Å². The molecular weight excluding hydrogens is 354 g/mol. The third-order valence-corrected chi connectivity index (χ3v) is 5.98. The first-order valence-corrected chi connectivity index (χ1v) is 9.77. The summed E-state index contributed by atoms with van der Waals surface area (Å²) in [6.45, 7) is 0. The van der Waals surface area contributed by atoms with E-state index in [1.807, 2.05) is 30.0 Å². The second kappa shape index (κ2) is 7.89. The summed E-state index contributed by atoms with van der Waals surface area (Å²) >= 11 is 1.85. The molecule has 0 bridgehead atoms.